The molecule has 0 aliphatic carbocycles. The van der Waals surface area contributed by atoms with E-state index in [-0.39, 0.29) is 5.92 Å². The zero-order valence-corrected chi connectivity index (χ0v) is 11.7. The highest BCUT2D eigenvalue weighted by Crippen LogP contribution is 2.40. The number of furan rings is 1. The second kappa shape index (κ2) is 4.72. The molecule has 5 nitrogen and oxygen atoms in total. The molecule has 1 fully saturated rings. The molecule has 3 aromatic rings. The molecule has 1 aliphatic rings. The molecule has 1 aromatic carbocycles. The van der Waals surface area contributed by atoms with Crippen LogP contribution < -0.4 is 10.1 Å². The number of pyridine rings is 1. The summed E-state index contributed by atoms with van der Waals surface area (Å²) in [4.78, 5) is 4.12. The van der Waals surface area contributed by atoms with Crippen LogP contribution in [0.15, 0.2) is 35.0 Å². The molecular formula is C16H16N2O3. The standard InChI is InChI=1S/C16H16N2O3/c1-20-12-3-2-10(9-6-14(19)18-7-9)15-11-4-5-17-8-13(11)21-16(12)15/h2-5,8-9,14,18-19H,6-7H2,1H3/t9?,14-/m0/s1. The number of benzene rings is 1. The number of aliphatic hydroxyl groups is 1. The van der Waals surface area contributed by atoms with E-state index in [1.807, 2.05) is 12.1 Å². The summed E-state index contributed by atoms with van der Waals surface area (Å²) in [5, 5.41) is 14.9. The van der Waals surface area contributed by atoms with E-state index in [1.165, 1.54) is 5.56 Å². The normalized spacial score (nSPS) is 22.2. The van der Waals surface area contributed by atoms with Crippen molar-refractivity contribution in [2.75, 3.05) is 13.7 Å². The molecule has 2 aromatic heterocycles. The number of hydrogen-bond donors (Lipinski definition) is 2. The Morgan fingerprint density at radius 3 is 3.05 bits per heavy atom. The summed E-state index contributed by atoms with van der Waals surface area (Å²) in [7, 11) is 1.64. The first-order valence-corrected chi connectivity index (χ1v) is 7.02. The van der Waals surface area contributed by atoms with Crippen LogP contribution in [0.3, 0.4) is 0 Å². The van der Waals surface area contributed by atoms with E-state index in [0.29, 0.717) is 6.42 Å². The third-order valence-corrected chi connectivity index (χ3v) is 4.19. The lowest BCUT2D eigenvalue weighted by atomic mass is 9.93. The molecule has 3 heterocycles. The van der Waals surface area contributed by atoms with Crippen molar-refractivity contribution in [1.82, 2.24) is 10.3 Å². The van der Waals surface area contributed by atoms with Gasteiger partial charge < -0.3 is 14.3 Å². The Morgan fingerprint density at radius 1 is 1.38 bits per heavy atom. The van der Waals surface area contributed by atoms with Crippen LogP contribution in [0.25, 0.3) is 21.9 Å². The minimum absolute atomic E-state index is 0.266. The molecule has 0 spiro atoms. The minimum Gasteiger partial charge on any atom is -0.493 e. The summed E-state index contributed by atoms with van der Waals surface area (Å²) < 4.78 is 11.3. The number of hydrogen-bond acceptors (Lipinski definition) is 5. The number of aliphatic hydroxyl groups excluding tert-OH is 1. The van der Waals surface area contributed by atoms with Crippen molar-refractivity contribution < 1.29 is 14.3 Å². The summed E-state index contributed by atoms with van der Waals surface area (Å²) in [5.41, 5.74) is 2.68. The van der Waals surface area contributed by atoms with Crippen LogP contribution in [0, 0.1) is 0 Å². The number of methoxy groups -OCH3 is 1. The maximum absolute atomic E-state index is 9.73. The van der Waals surface area contributed by atoms with Gasteiger partial charge in [-0.05, 0) is 24.1 Å². The molecule has 0 bridgehead atoms. The lowest BCUT2D eigenvalue weighted by molar-refractivity contribution is 0.159. The van der Waals surface area contributed by atoms with Crippen LogP contribution in [-0.2, 0) is 0 Å². The SMILES string of the molecule is COc1ccc(C2CN[C@@H](O)C2)c2c1oc1cnccc12. The van der Waals surface area contributed by atoms with Crippen LogP contribution in [0.1, 0.15) is 17.9 Å². The second-order valence-electron chi connectivity index (χ2n) is 5.39. The highest BCUT2D eigenvalue weighted by molar-refractivity contribution is 6.08. The smallest absolute Gasteiger partial charge is 0.177 e. The summed E-state index contributed by atoms with van der Waals surface area (Å²) in [6, 6.07) is 5.96. The van der Waals surface area contributed by atoms with E-state index >= 15 is 0 Å². The van der Waals surface area contributed by atoms with Gasteiger partial charge in [0.2, 0.25) is 0 Å². The molecule has 108 valence electrons. The molecule has 21 heavy (non-hydrogen) atoms. The lowest BCUT2D eigenvalue weighted by Gasteiger charge is -2.12. The van der Waals surface area contributed by atoms with Crippen LogP contribution in [0.5, 0.6) is 5.75 Å². The van der Waals surface area contributed by atoms with Crippen molar-refractivity contribution in [3.8, 4) is 5.75 Å². The van der Waals surface area contributed by atoms with E-state index in [9.17, 15) is 5.11 Å². The van der Waals surface area contributed by atoms with Gasteiger partial charge in [0, 0.05) is 29.4 Å². The molecule has 1 saturated heterocycles. The molecular weight excluding hydrogens is 268 g/mol. The van der Waals surface area contributed by atoms with Crippen LogP contribution >= 0.6 is 0 Å². The maximum Gasteiger partial charge on any atom is 0.177 e. The van der Waals surface area contributed by atoms with Crippen LogP contribution in [-0.4, -0.2) is 30.0 Å². The van der Waals surface area contributed by atoms with Gasteiger partial charge in [-0.2, -0.15) is 0 Å². The third-order valence-electron chi connectivity index (χ3n) is 4.19. The van der Waals surface area contributed by atoms with Crippen molar-refractivity contribution in [3.05, 3.63) is 36.2 Å². The highest BCUT2D eigenvalue weighted by Gasteiger charge is 2.27. The van der Waals surface area contributed by atoms with Gasteiger partial charge in [0.25, 0.3) is 0 Å². The number of nitrogens with one attached hydrogen (secondary N) is 1. The van der Waals surface area contributed by atoms with Crippen molar-refractivity contribution >= 4 is 21.9 Å². The second-order valence-corrected chi connectivity index (χ2v) is 5.39. The number of nitrogens with zero attached hydrogens (tertiary/aromatic N) is 1. The van der Waals surface area contributed by atoms with Crippen LogP contribution in [0.4, 0.5) is 0 Å². The van der Waals surface area contributed by atoms with Crippen LogP contribution in [0.2, 0.25) is 0 Å². The predicted octanol–water partition coefficient (Wildman–Crippen LogP) is 2.38. The molecule has 4 rings (SSSR count). The van der Waals surface area contributed by atoms with Crippen molar-refractivity contribution in [3.63, 3.8) is 0 Å². The zero-order chi connectivity index (χ0) is 14.4. The van der Waals surface area contributed by atoms with Gasteiger partial charge in [-0.1, -0.05) is 6.07 Å². The molecule has 2 atom stereocenters. The Labute approximate surface area is 121 Å². The van der Waals surface area contributed by atoms with E-state index in [0.717, 1.165) is 34.2 Å². The average molecular weight is 284 g/mol. The summed E-state index contributed by atoms with van der Waals surface area (Å²) >= 11 is 0. The summed E-state index contributed by atoms with van der Waals surface area (Å²) in [6.45, 7) is 0.764. The first-order chi connectivity index (χ1) is 10.3. The van der Waals surface area contributed by atoms with Gasteiger partial charge in [0.1, 0.15) is 6.23 Å². The molecule has 2 N–H and O–H groups in total. The topological polar surface area (TPSA) is 67.5 Å². The number of fused-ring (bicyclic) bond motifs is 3. The average Bonchev–Trinajstić information content (AvgIpc) is 3.10. The Kier molecular flexibility index (Phi) is 2.83. The monoisotopic (exact) mass is 284 g/mol. The van der Waals surface area contributed by atoms with Crippen molar-refractivity contribution in [2.45, 2.75) is 18.6 Å². The highest BCUT2D eigenvalue weighted by atomic mass is 16.5. The van der Waals surface area contributed by atoms with Gasteiger partial charge in [0.05, 0.1) is 13.3 Å². The molecule has 1 unspecified atom stereocenters. The molecule has 0 radical (unpaired) electrons. The van der Waals surface area contributed by atoms with Gasteiger partial charge >= 0.3 is 0 Å². The number of aromatic nitrogens is 1. The fourth-order valence-corrected chi connectivity index (χ4v) is 3.19. The Morgan fingerprint density at radius 2 is 2.29 bits per heavy atom. The predicted molar refractivity (Wildman–Crippen MR) is 79.4 cm³/mol. The van der Waals surface area contributed by atoms with E-state index in [1.54, 1.807) is 19.5 Å². The summed E-state index contributed by atoms with van der Waals surface area (Å²) in [6.07, 6.45) is 3.76. The molecule has 0 saturated carbocycles. The van der Waals surface area contributed by atoms with Gasteiger partial charge in [-0.25, -0.2) is 0 Å². The third kappa shape index (κ3) is 1.89. The Hall–Kier alpha value is -2.11. The van der Waals surface area contributed by atoms with Crippen molar-refractivity contribution in [1.29, 1.82) is 0 Å². The first-order valence-electron chi connectivity index (χ1n) is 7.02. The largest absolute Gasteiger partial charge is 0.493 e. The Balaban J connectivity index is 2.02. The lowest BCUT2D eigenvalue weighted by Crippen LogP contribution is -2.19. The number of ether oxygens (including phenoxy) is 1. The van der Waals surface area contributed by atoms with E-state index in [4.69, 9.17) is 9.15 Å². The fraction of sp³-hybridized carbons (Fsp3) is 0.312. The number of rotatable bonds is 2. The maximum atomic E-state index is 9.73. The first kappa shape index (κ1) is 12.6. The summed E-state index contributed by atoms with van der Waals surface area (Å²) in [5.74, 6) is 0.985. The van der Waals surface area contributed by atoms with E-state index < -0.39 is 6.23 Å². The zero-order valence-electron chi connectivity index (χ0n) is 11.7. The minimum atomic E-state index is -0.438. The van der Waals surface area contributed by atoms with Gasteiger partial charge in [0.15, 0.2) is 16.9 Å². The molecule has 1 aliphatic heterocycles. The molecule has 0 amide bonds. The van der Waals surface area contributed by atoms with Gasteiger partial charge in [-0.3, -0.25) is 10.3 Å². The van der Waals surface area contributed by atoms with Gasteiger partial charge in [-0.15, -0.1) is 0 Å². The Bertz CT molecular complexity index is 812. The van der Waals surface area contributed by atoms with Crippen molar-refractivity contribution in [2.24, 2.45) is 0 Å². The van der Waals surface area contributed by atoms with E-state index in [2.05, 4.69) is 16.4 Å². The quantitative estimate of drug-likeness (QED) is 0.756. The molecule has 5 heteroatoms. The fourth-order valence-electron chi connectivity index (χ4n) is 3.19.